The summed E-state index contributed by atoms with van der Waals surface area (Å²) < 4.78 is 0. The summed E-state index contributed by atoms with van der Waals surface area (Å²) in [5.41, 5.74) is 0.618. The first-order valence-corrected chi connectivity index (χ1v) is 7.85. The molecular formula is C16H33N. The van der Waals surface area contributed by atoms with Crippen LogP contribution in [0.5, 0.6) is 0 Å². The second kappa shape index (κ2) is 7.41. The molecule has 17 heavy (non-hydrogen) atoms. The highest BCUT2D eigenvalue weighted by Gasteiger charge is 2.33. The number of rotatable bonds is 7. The zero-order chi connectivity index (χ0) is 12.7. The molecule has 0 unspecified atom stereocenters. The minimum absolute atomic E-state index is 0.618. The standard InChI is InChI=1S/C16H33N/c1-5-7-8-15-9-11-16(6-2,12-10-15)13-17-14(3)4/h14-15,17H,5-13H2,1-4H3. The molecule has 1 rings (SSSR count). The predicted octanol–water partition coefficient (Wildman–Crippen LogP) is 4.76. The molecular weight excluding hydrogens is 206 g/mol. The van der Waals surface area contributed by atoms with Crippen molar-refractivity contribution in [2.75, 3.05) is 6.54 Å². The van der Waals surface area contributed by atoms with Crippen molar-refractivity contribution >= 4 is 0 Å². The second-order valence-corrected chi connectivity index (χ2v) is 6.47. The van der Waals surface area contributed by atoms with Gasteiger partial charge in [-0.3, -0.25) is 0 Å². The molecule has 1 N–H and O–H groups in total. The molecule has 0 heterocycles. The molecule has 0 bridgehead atoms. The van der Waals surface area contributed by atoms with Gasteiger partial charge >= 0.3 is 0 Å². The minimum Gasteiger partial charge on any atom is -0.314 e. The van der Waals surface area contributed by atoms with Crippen LogP contribution in [0.15, 0.2) is 0 Å². The van der Waals surface area contributed by atoms with Gasteiger partial charge in [0, 0.05) is 12.6 Å². The van der Waals surface area contributed by atoms with E-state index in [0.29, 0.717) is 11.5 Å². The highest BCUT2D eigenvalue weighted by atomic mass is 14.9. The molecule has 1 saturated carbocycles. The van der Waals surface area contributed by atoms with Crippen LogP contribution in [0.2, 0.25) is 0 Å². The van der Waals surface area contributed by atoms with Crippen LogP contribution in [-0.4, -0.2) is 12.6 Å². The van der Waals surface area contributed by atoms with E-state index in [1.54, 1.807) is 0 Å². The Kier molecular flexibility index (Phi) is 6.54. The lowest BCUT2D eigenvalue weighted by Crippen LogP contribution is -2.39. The average molecular weight is 239 g/mol. The van der Waals surface area contributed by atoms with Crippen molar-refractivity contribution in [1.82, 2.24) is 5.32 Å². The largest absolute Gasteiger partial charge is 0.314 e. The lowest BCUT2D eigenvalue weighted by Gasteiger charge is -2.40. The van der Waals surface area contributed by atoms with Gasteiger partial charge in [0.1, 0.15) is 0 Å². The van der Waals surface area contributed by atoms with Crippen molar-refractivity contribution in [2.45, 2.75) is 85.1 Å². The van der Waals surface area contributed by atoms with Gasteiger partial charge in [0.05, 0.1) is 0 Å². The van der Waals surface area contributed by atoms with Crippen LogP contribution in [0.4, 0.5) is 0 Å². The Morgan fingerprint density at radius 2 is 1.82 bits per heavy atom. The maximum Gasteiger partial charge on any atom is 0.00106 e. The summed E-state index contributed by atoms with van der Waals surface area (Å²) in [7, 11) is 0. The molecule has 0 aromatic carbocycles. The van der Waals surface area contributed by atoms with Crippen LogP contribution in [0.3, 0.4) is 0 Å². The van der Waals surface area contributed by atoms with Gasteiger partial charge in [0.2, 0.25) is 0 Å². The molecule has 1 heteroatoms. The Hall–Kier alpha value is -0.0400. The van der Waals surface area contributed by atoms with E-state index < -0.39 is 0 Å². The highest BCUT2D eigenvalue weighted by molar-refractivity contribution is 4.86. The fourth-order valence-electron chi connectivity index (χ4n) is 3.15. The molecule has 1 fully saturated rings. The number of hydrogen-bond acceptors (Lipinski definition) is 1. The fraction of sp³-hybridized carbons (Fsp3) is 1.00. The first-order valence-electron chi connectivity index (χ1n) is 7.85. The van der Waals surface area contributed by atoms with Gasteiger partial charge in [-0.2, -0.15) is 0 Å². The van der Waals surface area contributed by atoms with Gasteiger partial charge in [-0.25, -0.2) is 0 Å². The Labute approximate surface area is 109 Å². The van der Waals surface area contributed by atoms with E-state index in [2.05, 4.69) is 33.0 Å². The second-order valence-electron chi connectivity index (χ2n) is 6.47. The van der Waals surface area contributed by atoms with Crippen LogP contribution in [-0.2, 0) is 0 Å². The maximum atomic E-state index is 3.66. The third-order valence-electron chi connectivity index (χ3n) is 4.77. The summed E-state index contributed by atoms with van der Waals surface area (Å²) in [5.74, 6) is 1.04. The quantitative estimate of drug-likeness (QED) is 0.675. The molecule has 0 aliphatic heterocycles. The predicted molar refractivity (Wildman–Crippen MR) is 77.3 cm³/mol. The molecule has 0 amide bonds. The van der Waals surface area contributed by atoms with E-state index in [4.69, 9.17) is 0 Å². The van der Waals surface area contributed by atoms with E-state index in [1.165, 1.54) is 57.9 Å². The third-order valence-corrected chi connectivity index (χ3v) is 4.77. The van der Waals surface area contributed by atoms with E-state index >= 15 is 0 Å². The lowest BCUT2D eigenvalue weighted by molar-refractivity contribution is 0.131. The summed E-state index contributed by atoms with van der Waals surface area (Å²) in [4.78, 5) is 0. The average Bonchev–Trinajstić information content (AvgIpc) is 2.35. The van der Waals surface area contributed by atoms with Gasteiger partial charge < -0.3 is 5.32 Å². The maximum absolute atomic E-state index is 3.66. The van der Waals surface area contributed by atoms with Crippen LogP contribution >= 0.6 is 0 Å². The minimum atomic E-state index is 0.618. The molecule has 1 aliphatic rings. The van der Waals surface area contributed by atoms with Crippen LogP contribution < -0.4 is 5.32 Å². The third kappa shape index (κ3) is 4.99. The van der Waals surface area contributed by atoms with Crippen molar-refractivity contribution in [3.05, 3.63) is 0 Å². The Balaban J connectivity index is 2.34. The molecule has 0 radical (unpaired) electrons. The first-order chi connectivity index (χ1) is 8.12. The zero-order valence-electron chi connectivity index (χ0n) is 12.5. The topological polar surface area (TPSA) is 12.0 Å². The normalized spacial score (nSPS) is 29.8. The Morgan fingerprint density at radius 1 is 1.18 bits per heavy atom. The monoisotopic (exact) mass is 239 g/mol. The summed E-state index contributed by atoms with van der Waals surface area (Å²) in [6, 6.07) is 0.635. The Morgan fingerprint density at radius 3 is 2.29 bits per heavy atom. The molecule has 1 nitrogen and oxygen atoms in total. The number of hydrogen-bond donors (Lipinski definition) is 1. The van der Waals surface area contributed by atoms with E-state index in [0.717, 1.165) is 5.92 Å². The van der Waals surface area contributed by atoms with Crippen molar-refractivity contribution in [2.24, 2.45) is 11.3 Å². The van der Waals surface area contributed by atoms with Gasteiger partial charge in [-0.1, -0.05) is 47.0 Å². The summed E-state index contributed by atoms with van der Waals surface area (Å²) in [6.07, 6.45) is 11.5. The number of unbranched alkanes of at least 4 members (excludes halogenated alkanes) is 1. The number of nitrogens with one attached hydrogen (secondary N) is 1. The summed E-state index contributed by atoms with van der Waals surface area (Å²) >= 11 is 0. The van der Waals surface area contributed by atoms with Crippen molar-refractivity contribution in [1.29, 1.82) is 0 Å². The molecule has 0 saturated heterocycles. The summed E-state index contributed by atoms with van der Waals surface area (Å²) in [6.45, 7) is 10.5. The molecule has 0 aromatic rings. The Bertz CT molecular complexity index is 190. The smallest absolute Gasteiger partial charge is 0.00106 e. The van der Waals surface area contributed by atoms with Crippen LogP contribution in [0.1, 0.15) is 79.1 Å². The molecule has 0 aromatic heterocycles. The fourth-order valence-corrected chi connectivity index (χ4v) is 3.15. The molecule has 0 spiro atoms. The van der Waals surface area contributed by atoms with Crippen molar-refractivity contribution in [3.8, 4) is 0 Å². The first kappa shape index (κ1) is 15.0. The lowest BCUT2D eigenvalue weighted by atomic mass is 9.68. The van der Waals surface area contributed by atoms with Crippen LogP contribution in [0, 0.1) is 11.3 Å². The van der Waals surface area contributed by atoms with E-state index in [1.807, 2.05) is 0 Å². The van der Waals surface area contributed by atoms with Gasteiger partial charge in [-0.05, 0) is 43.4 Å². The zero-order valence-corrected chi connectivity index (χ0v) is 12.5. The van der Waals surface area contributed by atoms with Gasteiger partial charge in [-0.15, -0.1) is 0 Å². The molecule has 1 aliphatic carbocycles. The highest BCUT2D eigenvalue weighted by Crippen LogP contribution is 2.42. The SMILES string of the molecule is CCCCC1CCC(CC)(CNC(C)C)CC1. The van der Waals surface area contributed by atoms with E-state index in [9.17, 15) is 0 Å². The van der Waals surface area contributed by atoms with Gasteiger partial charge in [0.15, 0.2) is 0 Å². The summed E-state index contributed by atoms with van der Waals surface area (Å²) in [5, 5.41) is 3.66. The van der Waals surface area contributed by atoms with Crippen molar-refractivity contribution in [3.63, 3.8) is 0 Å². The van der Waals surface area contributed by atoms with Gasteiger partial charge in [0.25, 0.3) is 0 Å². The van der Waals surface area contributed by atoms with Crippen LogP contribution in [0.25, 0.3) is 0 Å². The molecule has 0 atom stereocenters. The van der Waals surface area contributed by atoms with Crippen molar-refractivity contribution < 1.29 is 0 Å². The molecule has 102 valence electrons. The van der Waals surface area contributed by atoms with E-state index in [-0.39, 0.29) is 0 Å².